The second kappa shape index (κ2) is 10.9. The number of nitrogens with one attached hydrogen (secondary N) is 3. The van der Waals surface area contributed by atoms with Gasteiger partial charge in [-0.25, -0.2) is 0 Å². The van der Waals surface area contributed by atoms with Gasteiger partial charge < -0.3 is 15.6 Å². The number of pyridine rings is 1. The molecule has 0 saturated heterocycles. The Balaban J connectivity index is 0.00000261. The summed E-state index contributed by atoms with van der Waals surface area (Å²) in [5.41, 5.74) is 4.89. The van der Waals surface area contributed by atoms with Crippen LogP contribution in [0, 0.1) is 6.92 Å². The standard InChI is InChI=1S/C21H27N5.HI/c1-3-22-21(24-14-11-17-8-6-7-13-23-17)25-15-12-18-16(2)26-20-10-5-4-9-19(18)20;/h4-10,13,26H,3,11-12,14-15H2,1-2H3,(H2,22,24,25);1H. The Morgan fingerprint density at radius 3 is 2.67 bits per heavy atom. The molecule has 1 aromatic carbocycles. The number of hydrogen-bond acceptors (Lipinski definition) is 2. The molecular weight excluding hydrogens is 449 g/mol. The van der Waals surface area contributed by atoms with E-state index in [4.69, 9.17) is 0 Å². The maximum absolute atomic E-state index is 4.66. The van der Waals surface area contributed by atoms with Crippen molar-refractivity contribution in [3.05, 3.63) is 65.6 Å². The minimum atomic E-state index is 0. The Bertz CT molecular complexity index is 857. The van der Waals surface area contributed by atoms with Gasteiger partial charge >= 0.3 is 0 Å². The first-order chi connectivity index (χ1) is 12.8. The molecule has 2 heterocycles. The summed E-state index contributed by atoms with van der Waals surface area (Å²) in [7, 11) is 0. The van der Waals surface area contributed by atoms with Crippen LogP contribution >= 0.6 is 24.0 Å². The Labute approximate surface area is 178 Å². The van der Waals surface area contributed by atoms with Gasteiger partial charge in [0.05, 0.1) is 0 Å². The van der Waals surface area contributed by atoms with Crippen LogP contribution in [0.5, 0.6) is 0 Å². The van der Waals surface area contributed by atoms with Crippen LogP contribution in [0.1, 0.15) is 23.9 Å². The number of para-hydroxylation sites is 1. The number of nitrogens with zero attached hydrogens (tertiary/aromatic N) is 2. The van der Waals surface area contributed by atoms with E-state index in [-0.39, 0.29) is 24.0 Å². The van der Waals surface area contributed by atoms with Gasteiger partial charge in [-0.3, -0.25) is 9.98 Å². The first-order valence-corrected chi connectivity index (χ1v) is 9.26. The highest BCUT2D eigenvalue weighted by atomic mass is 127. The molecule has 0 saturated carbocycles. The quantitative estimate of drug-likeness (QED) is 0.275. The summed E-state index contributed by atoms with van der Waals surface area (Å²) in [6, 6.07) is 14.5. The predicted octanol–water partition coefficient (Wildman–Crippen LogP) is 3.83. The molecular formula is C21H28IN5. The average molecular weight is 477 g/mol. The molecule has 0 aliphatic carbocycles. The van der Waals surface area contributed by atoms with Gasteiger partial charge in [-0.05, 0) is 44.0 Å². The van der Waals surface area contributed by atoms with E-state index in [1.165, 1.54) is 22.2 Å². The van der Waals surface area contributed by atoms with Crippen LogP contribution in [0.3, 0.4) is 0 Å². The van der Waals surface area contributed by atoms with E-state index >= 15 is 0 Å². The van der Waals surface area contributed by atoms with Crippen LogP contribution in [0.4, 0.5) is 0 Å². The van der Waals surface area contributed by atoms with E-state index < -0.39 is 0 Å². The fraction of sp³-hybridized carbons (Fsp3) is 0.333. The predicted molar refractivity (Wildman–Crippen MR) is 124 cm³/mol. The number of H-pyrrole nitrogens is 1. The normalized spacial score (nSPS) is 11.3. The second-order valence-corrected chi connectivity index (χ2v) is 6.28. The maximum Gasteiger partial charge on any atom is 0.191 e. The van der Waals surface area contributed by atoms with Crippen LogP contribution in [-0.4, -0.2) is 35.6 Å². The van der Waals surface area contributed by atoms with Crippen molar-refractivity contribution in [3.8, 4) is 0 Å². The molecule has 0 unspecified atom stereocenters. The zero-order chi connectivity index (χ0) is 18.2. The Morgan fingerprint density at radius 2 is 1.89 bits per heavy atom. The van der Waals surface area contributed by atoms with Gasteiger partial charge in [0.15, 0.2) is 5.96 Å². The SMILES string of the molecule is CCNC(=NCCc1ccccn1)NCCc1c(C)[nH]c2ccccc12.I. The topological polar surface area (TPSA) is 65.1 Å². The third kappa shape index (κ3) is 5.95. The zero-order valence-electron chi connectivity index (χ0n) is 16.0. The molecule has 5 nitrogen and oxygen atoms in total. The van der Waals surface area contributed by atoms with Crippen LogP contribution in [-0.2, 0) is 12.8 Å². The lowest BCUT2D eigenvalue weighted by molar-refractivity contribution is 0.794. The molecule has 2 aromatic heterocycles. The first kappa shape index (κ1) is 21.2. The number of aromatic nitrogens is 2. The molecule has 27 heavy (non-hydrogen) atoms. The molecule has 3 N–H and O–H groups in total. The Kier molecular flexibility index (Phi) is 8.57. The lowest BCUT2D eigenvalue weighted by atomic mass is 10.1. The smallest absolute Gasteiger partial charge is 0.191 e. The van der Waals surface area contributed by atoms with Crippen molar-refractivity contribution in [2.24, 2.45) is 4.99 Å². The number of fused-ring (bicyclic) bond motifs is 1. The second-order valence-electron chi connectivity index (χ2n) is 6.28. The average Bonchev–Trinajstić information content (AvgIpc) is 2.98. The number of aromatic amines is 1. The van der Waals surface area contributed by atoms with Crippen molar-refractivity contribution in [3.63, 3.8) is 0 Å². The third-order valence-electron chi connectivity index (χ3n) is 4.40. The monoisotopic (exact) mass is 477 g/mol. The minimum absolute atomic E-state index is 0. The molecule has 3 rings (SSSR count). The number of benzene rings is 1. The van der Waals surface area contributed by atoms with Crippen molar-refractivity contribution in [2.75, 3.05) is 19.6 Å². The molecule has 0 bridgehead atoms. The summed E-state index contributed by atoms with van der Waals surface area (Å²) in [4.78, 5) is 12.5. The molecule has 0 aliphatic heterocycles. The Hall–Kier alpha value is -2.09. The maximum atomic E-state index is 4.66. The summed E-state index contributed by atoms with van der Waals surface area (Å²) in [5, 5.41) is 8.06. The van der Waals surface area contributed by atoms with Crippen molar-refractivity contribution in [1.29, 1.82) is 0 Å². The summed E-state index contributed by atoms with van der Waals surface area (Å²) >= 11 is 0. The van der Waals surface area contributed by atoms with Gasteiger partial charge in [0.1, 0.15) is 0 Å². The third-order valence-corrected chi connectivity index (χ3v) is 4.40. The molecule has 0 fully saturated rings. The number of aliphatic imine (C=N–C) groups is 1. The fourth-order valence-corrected chi connectivity index (χ4v) is 3.13. The van der Waals surface area contributed by atoms with Crippen molar-refractivity contribution >= 4 is 40.8 Å². The fourth-order valence-electron chi connectivity index (χ4n) is 3.13. The van der Waals surface area contributed by atoms with Gasteiger partial charge in [0, 0.05) is 54.5 Å². The molecule has 144 valence electrons. The largest absolute Gasteiger partial charge is 0.358 e. The lowest BCUT2D eigenvalue weighted by Gasteiger charge is -2.11. The lowest BCUT2D eigenvalue weighted by Crippen LogP contribution is -2.38. The van der Waals surface area contributed by atoms with E-state index in [0.717, 1.165) is 44.1 Å². The molecule has 0 radical (unpaired) electrons. The van der Waals surface area contributed by atoms with E-state index in [1.54, 1.807) is 0 Å². The van der Waals surface area contributed by atoms with Crippen molar-refractivity contribution in [2.45, 2.75) is 26.7 Å². The summed E-state index contributed by atoms with van der Waals surface area (Å²) in [6.07, 6.45) is 3.63. The molecule has 0 amide bonds. The van der Waals surface area contributed by atoms with Gasteiger partial charge in [-0.1, -0.05) is 24.3 Å². The van der Waals surface area contributed by atoms with E-state index in [1.807, 2.05) is 24.4 Å². The van der Waals surface area contributed by atoms with Crippen LogP contribution in [0.25, 0.3) is 10.9 Å². The van der Waals surface area contributed by atoms with Crippen LogP contribution < -0.4 is 10.6 Å². The highest BCUT2D eigenvalue weighted by Gasteiger charge is 2.07. The molecule has 3 aromatic rings. The van der Waals surface area contributed by atoms with Gasteiger partial charge in [0.25, 0.3) is 0 Å². The zero-order valence-corrected chi connectivity index (χ0v) is 18.3. The van der Waals surface area contributed by atoms with E-state index in [9.17, 15) is 0 Å². The van der Waals surface area contributed by atoms with E-state index in [2.05, 4.69) is 63.7 Å². The minimum Gasteiger partial charge on any atom is -0.358 e. The number of aryl methyl sites for hydroxylation is 1. The summed E-state index contributed by atoms with van der Waals surface area (Å²) in [5.74, 6) is 0.862. The number of rotatable bonds is 7. The summed E-state index contributed by atoms with van der Waals surface area (Å²) in [6.45, 7) is 6.64. The molecule has 0 spiro atoms. The highest BCUT2D eigenvalue weighted by molar-refractivity contribution is 14.0. The molecule has 0 atom stereocenters. The number of halogens is 1. The van der Waals surface area contributed by atoms with Crippen LogP contribution in [0.15, 0.2) is 53.7 Å². The molecule has 0 aliphatic rings. The van der Waals surface area contributed by atoms with Crippen molar-refractivity contribution in [1.82, 2.24) is 20.6 Å². The van der Waals surface area contributed by atoms with Crippen LogP contribution in [0.2, 0.25) is 0 Å². The van der Waals surface area contributed by atoms with Gasteiger partial charge in [0.2, 0.25) is 0 Å². The van der Waals surface area contributed by atoms with Gasteiger partial charge in [-0.15, -0.1) is 24.0 Å². The Morgan fingerprint density at radius 1 is 1.07 bits per heavy atom. The number of guanidine groups is 1. The van der Waals surface area contributed by atoms with Crippen molar-refractivity contribution < 1.29 is 0 Å². The highest BCUT2D eigenvalue weighted by Crippen LogP contribution is 2.21. The number of hydrogen-bond donors (Lipinski definition) is 3. The first-order valence-electron chi connectivity index (χ1n) is 9.26. The summed E-state index contributed by atoms with van der Waals surface area (Å²) < 4.78 is 0. The van der Waals surface area contributed by atoms with Gasteiger partial charge in [-0.2, -0.15) is 0 Å². The van der Waals surface area contributed by atoms with E-state index in [0.29, 0.717) is 0 Å². The molecule has 6 heteroatoms.